The van der Waals surface area contributed by atoms with Crippen LogP contribution in [0.15, 0.2) is 18.3 Å². The van der Waals surface area contributed by atoms with E-state index in [-0.39, 0.29) is 0 Å². The summed E-state index contributed by atoms with van der Waals surface area (Å²) in [5, 5.41) is 0. The van der Waals surface area contributed by atoms with Crippen molar-refractivity contribution in [2.24, 2.45) is 0 Å². The quantitative estimate of drug-likeness (QED) is 0.859. The van der Waals surface area contributed by atoms with Crippen molar-refractivity contribution in [1.82, 2.24) is 9.88 Å². The fourth-order valence-corrected chi connectivity index (χ4v) is 2.20. The minimum atomic E-state index is 0.593. The highest BCUT2D eigenvalue weighted by molar-refractivity contribution is 5.48. The van der Waals surface area contributed by atoms with Crippen LogP contribution in [0.3, 0.4) is 0 Å². The zero-order valence-electron chi connectivity index (χ0n) is 10.6. The molecule has 2 rings (SSSR count). The number of piperazine rings is 1. The lowest BCUT2D eigenvalue weighted by molar-refractivity contribution is 0.254. The lowest BCUT2D eigenvalue weighted by atomic mass is 10.2. The highest BCUT2D eigenvalue weighted by Crippen LogP contribution is 2.16. The summed E-state index contributed by atoms with van der Waals surface area (Å²) in [6.45, 7) is 7.99. The second kappa shape index (κ2) is 5.87. The van der Waals surface area contributed by atoms with Crippen molar-refractivity contribution < 1.29 is 0 Å². The van der Waals surface area contributed by atoms with Crippen LogP contribution in [0, 0.1) is 0 Å². The molecule has 2 N–H and O–H groups in total. The van der Waals surface area contributed by atoms with Gasteiger partial charge >= 0.3 is 0 Å². The number of hydrogen-bond acceptors (Lipinski definition) is 4. The van der Waals surface area contributed by atoms with Crippen molar-refractivity contribution in [2.75, 3.05) is 43.4 Å². The number of unbranched alkanes of at least 4 members (excludes halogenated alkanes) is 1. The van der Waals surface area contributed by atoms with E-state index in [1.165, 1.54) is 25.1 Å². The van der Waals surface area contributed by atoms with E-state index in [1.54, 1.807) is 0 Å². The number of anilines is 2. The van der Waals surface area contributed by atoms with Crippen LogP contribution in [0.25, 0.3) is 0 Å². The van der Waals surface area contributed by atoms with Gasteiger partial charge in [-0.05, 0) is 25.1 Å². The van der Waals surface area contributed by atoms with Crippen molar-refractivity contribution in [3.05, 3.63) is 18.3 Å². The van der Waals surface area contributed by atoms with Crippen LogP contribution in [-0.2, 0) is 0 Å². The highest BCUT2D eigenvalue weighted by Gasteiger charge is 2.16. The molecule has 0 amide bonds. The SMILES string of the molecule is CCCCN1CCN(c2ccc(N)nc2)CC1. The van der Waals surface area contributed by atoms with Gasteiger partial charge in [-0.3, -0.25) is 4.90 Å². The molecule has 17 heavy (non-hydrogen) atoms. The van der Waals surface area contributed by atoms with Crippen LogP contribution < -0.4 is 10.6 Å². The van der Waals surface area contributed by atoms with E-state index in [0.29, 0.717) is 5.82 Å². The number of nitrogens with two attached hydrogens (primary N) is 1. The maximum Gasteiger partial charge on any atom is 0.123 e. The normalized spacial score (nSPS) is 17.4. The van der Waals surface area contributed by atoms with Crippen molar-refractivity contribution in [3.8, 4) is 0 Å². The molecule has 0 aliphatic carbocycles. The van der Waals surface area contributed by atoms with Gasteiger partial charge in [0.25, 0.3) is 0 Å². The highest BCUT2D eigenvalue weighted by atomic mass is 15.3. The summed E-state index contributed by atoms with van der Waals surface area (Å²) >= 11 is 0. The summed E-state index contributed by atoms with van der Waals surface area (Å²) in [4.78, 5) is 9.08. The van der Waals surface area contributed by atoms with Gasteiger partial charge in [0.15, 0.2) is 0 Å². The fraction of sp³-hybridized carbons (Fsp3) is 0.615. The molecule has 0 atom stereocenters. The molecule has 1 aliphatic rings. The number of rotatable bonds is 4. The van der Waals surface area contributed by atoms with Gasteiger partial charge in [0.05, 0.1) is 11.9 Å². The molecular formula is C13H22N4. The molecule has 0 saturated carbocycles. The molecule has 4 heteroatoms. The number of nitrogen functional groups attached to an aromatic ring is 1. The molecule has 94 valence electrons. The summed E-state index contributed by atoms with van der Waals surface area (Å²) in [5.41, 5.74) is 6.78. The molecule has 0 spiro atoms. The van der Waals surface area contributed by atoms with Crippen molar-refractivity contribution >= 4 is 11.5 Å². The molecule has 1 fully saturated rings. The molecule has 0 aromatic carbocycles. The summed E-state index contributed by atoms with van der Waals surface area (Å²) in [5.74, 6) is 0.593. The Kier molecular flexibility index (Phi) is 4.20. The van der Waals surface area contributed by atoms with E-state index >= 15 is 0 Å². The van der Waals surface area contributed by atoms with Gasteiger partial charge in [0.2, 0.25) is 0 Å². The van der Waals surface area contributed by atoms with Crippen LogP contribution in [0.5, 0.6) is 0 Å². The first-order chi connectivity index (χ1) is 8.29. The Morgan fingerprint density at radius 1 is 1.24 bits per heavy atom. The molecule has 0 bridgehead atoms. The zero-order chi connectivity index (χ0) is 12.1. The molecule has 1 aromatic heterocycles. The summed E-state index contributed by atoms with van der Waals surface area (Å²) in [6.07, 6.45) is 4.46. The van der Waals surface area contributed by atoms with Gasteiger partial charge in [-0.25, -0.2) is 4.98 Å². The van der Waals surface area contributed by atoms with Gasteiger partial charge < -0.3 is 10.6 Å². The lowest BCUT2D eigenvalue weighted by Crippen LogP contribution is -2.46. The van der Waals surface area contributed by atoms with Crippen molar-refractivity contribution in [2.45, 2.75) is 19.8 Å². The van der Waals surface area contributed by atoms with E-state index in [9.17, 15) is 0 Å². The van der Waals surface area contributed by atoms with Crippen LogP contribution in [-0.4, -0.2) is 42.6 Å². The topological polar surface area (TPSA) is 45.4 Å². The Morgan fingerprint density at radius 3 is 2.59 bits per heavy atom. The van der Waals surface area contributed by atoms with E-state index in [1.807, 2.05) is 12.3 Å². The first kappa shape index (κ1) is 12.2. The molecule has 1 aliphatic heterocycles. The van der Waals surface area contributed by atoms with Gasteiger partial charge in [-0.15, -0.1) is 0 Å². The summed E-state index contributed by atoms with van der Waals surface area (Å²) in [7, 11) is 0. The van der Waals surface area contributed by atoms with E-state index in [2.05, 4.69) is 27.8 Å². The molecular weight excluding hydrogens is 212 g/mol. The Bertz CT molecular complexity index is 328. The van der Waals surface area contributed by atoms with Crippen LogP contribution >= 0.6 is 0 Å². The third-order valence-electron chi connectivity index (χ3n) is 3.34. The van der Waals surface area contributed by atoms with E-state index in [4.69, 9.17) is 5.73 Å². The maximum atomic E-state index is 5.60. The van der Waals surface area contributed by atoms with Gasteiger partial charge in [0.1, 0.15) is 5.82 Å². The number of pyridine rings is 1. The van der Waals surface area contributed by atoms with Crippen molar-refractivity contribution in [1.29, 1.82) is 0 Å². The Morgan fingerprint density at radius 2 is 2.00 bits per heavy atom. The van der Waals surface area contributed by atoms with Gasteiger partial charge in [-0.1, -0.05) is 13.3 Å². The fourth-order valence-electron chi connectivity index (χ4n) is 2.20. The van der Waals surface area contributed by atoms with Gasteiger partial charge in [-0.2, -0.15) is 0 Å². The number of aromatic nitrogens is 1. The van der Waals surface area contributed by atoms with Crippen LogP contribution in [0.1, 0.15) is 19.8 Å². The predicted octanol–water partition coefficient (Wildman–Crippen LogP) is 1.59. The van der Waals surface area contributed by atoms with Crippen LogP contribution in [0.2, 0.25) is 0 Å². The predicted molar refractivity (Wildman–Crippen MR) is 72.2 cm³/mol. The molecule has 0 unspecified atom stereocenters. The standard InChI is InChI=1S/C13H22N4/c1-2-3-6-16-7-9-17(10-8-16)12-4-5-13(14)15-11-12/h4-5,11H,2-3,6-10H2,1H3,(H2,14,15). The van der Waals surface area contributed by atoms with E-state index in [0.717, 1.165) is 26.2 Å². The largest absolute Gasteiger partial charge is 0.384 e. The van der Waals surface area contributed by atoms with Crippen LogP contribution in [0.4, 0.5) is 11.5 Å². The zero-order valence-corrected chi connectivity index (χ0v) is 10.6. The van der Waals surface area contributed by atoms with E-state index < -0.39 is 0 Å². The molecule has 1 saturated heterocycles. The number of nitrogens with zero attached hydrogens (tertiary/aromatic N) is 3. The Hall–Kier alpha value is -1.29. The Balaban J connectivity index is 1.84. The molecule has 0 radical (unpaired) electrons. The monoisotopic (exact) mass is 234 g/mol. The molecule has 4 nitrogen and oxygen atoms in total. The first-order valence-corrected chi connectivity index (χ1v) is 6.48. The second-order valence-electron chi connectivity index (χ2n) is 4.62. The maximum absolute atomic E-state index is 5.60. The first-order valence-electron chi connectivity index (χ1n) is 6.48. The molecule has 2 heterocycles. The Labute approximate surface area is 103 Å². The molecule has 1 aromatic rings. The van der Waals surface area contributed by atoms with Gasteiger partial charge in [0, 0.05) is 26.2 Å². The summed E-state index contributed by atoms with van der Waals surface area (Å²) < 4.78 is 0. The minimum absolute atomic E-state index is 0.593. The lowest BCUT2D eigenvalue weighted by Gasteiger charge is -2.35. The number of hydrogen-bond donors (Lipinski definition) is 1. The minimum Gasteiger partial charge on any atom is -0.384 e. The smallest absolute Gasteiger partial charge is 0.123 e. The summed E-state index contributed by atoms with van der Waals surface area (Å²) in [6, 6.07) is 3.93. The third kappa shape index (κ3) is 3.33. The average molecular weight is 234 g/mol. The second-order valence-corrected chi connectivity index (χ2v) is 4.62. The third-order valence-corrected chi connectivity index (χ3v) is 3.34. The van der Waals surface area contributed by atoms with Crippen molar-refractivity contribution in [3.63, 3.8) is 0 Å². The average Bonchev–Trinajstić information content (AvgIpc) is 2.38.